The first-order chi connectivity index (χ1) is 20.0. The van der Waals surface area contributed by atoms with E-state index >= 15 is 0 Å². The number of benzene rings is 3. The Bertz CT molecular complexity index is 1690. The van der Waals surface area contributed by atoms with Gasteiger partial charge in [0, 0.05) is 18.0 Å². The maximum Gasteiger partial charge on any atom is 0.273 e. The minimum atomic E-state index is -0.462. The largest absolute Gasteiger partial charge is 0.496 e. The van der Waals surface area contributed by atoms with Crippen LogP contribution in [0.25, 0.3) is 11.3 Å². The third kappa shape index (κ3) is 5.20. The summed E-state index contributed by atoms with van der Waals surface area (Å²) in [6, 6.07) is 30.4. The Morgan fingerprint density at radius 2 is 1.71 bits per heavy atom. The van der Waals surface area contributed by atoms with E-state index in [0.29, 0.717) is 33.7 Å². The molecule has 1 saturated heterocycles. The van der Waals surface area contributed by atoms with Crippen LogP contribution in [0.4, 0.5) is 11.4 Å². The molecule has 3 heterocycles. The number of pyridine rings is 1. The molecule has 1 fully saturated rings. The van der Waals surface area contributed by atoms with Gasteiger partial charge in [-0.3, -0.25) is 15.1 Å². The highest BCUT2D eigenvalue weighted by Gasteiger charge is 2.42. The average molecular weight is 565 g/mol. The molecule has 10 heteroatoms. The lowest BCUT2D eigenvalue weighted by Gasteiger charge is -2.26. The molecule has 5 aromatic rings. The van der Waals surface area contributed by atoms with Crippen molar-refractivity contribution in [2.24, 2.45) is 0 Å². The predicted molar refractivity (Wildman–Crippen MR) is 158 cm³/mol. The van der Waals surface area contributed by atoms with Crippen LogP contribution in [0, 0.1) is 10.1 Å². The van der Waals surface area contributed by atoms with Crippen molar-refractivity contribution in [2.45, 2.75) is 12.1 Å². The van der Waals surface area contributed by atoms with Gasteiger partial charge in [0.1, 0.15) is 34.8 Å². The number of nitro groups is 1. The third-order valence-corrected chi connectivity index (χ3v) is 7.09. The smallest absolute Gasteiger partial charge is 0.273 e. The molecule has 0 aliphatic carbocycles. The summed E-state index contributed by atoms with van der Waals surface area (Å²) < 4.78 is 17.8. The van der Waals surface area contributed by atoms with Crippen LogP contribution in [0.2, 0.25) is 0 Å². The van der Waals surface area contributed by atoms with Gasteiger partial charge in [-0.15, -0.1) is 0 Å². The minimum absolute atomic E-state index is 0.0659. The number of para-hydroxylation sites is 1. The van der Waals surface area contributed by atoms with Gasteiger partial charge in [0.15, 0.2) is 5.11 Å². The fraction of sp³-hybridized carbons (Fsp3) is 0.0968. The van der Waals surface area contributed by atoms with Gasteiger partial charge in [-0.2, -0.15) is 0 Å². The van der Waals surface area contributed by atoms with Crippen molar-refractivity contribution in [2.75, 3.05) is 12.0 Å². The van der Waals surface area contributed by atoms with Gasteiger partial charge in [0.2, 0.25) is 0 Å². The first kappa shape index (κ1) is 26.0. The van der Waals surface area contributed by atoms with E-state index in [1.165, 1.54) is 19.2 Å². The maximum atomic E-state index is 11.3. The Hall–Kier alpha value is -5.22. The lowest BCUT2D eigenvalue weighted by atomic mass is 10.0. The predicted octanol–water partition coefficient (Wildman–Crippen LogP) is 7.23. The molecule has 6 rings (SSSR count). The van der Waals surface area contributed by atoms with Crippen molar-refractivity contribution in [1.29, 1.82) is 0 Å². The van der Waals surface area contributed by atoms with Crippen molar-refractivity contribution in [1.82, 2.24) is 10.3 Å². The SMILES string of the molecule is COc1cc([N+](=O)[O-])ccc1-c1ccc([C@@H]2[C@@H](c3ccccn3)NC(=S)N2c2ccc(Oc3ccccc3)cc2)o1. The molecule has 1 aliphatic heterocycles. The molecule has 204 valence electrons. The number of furan rings is 1. The van der Waals surface area contributed by atoms with Gasteiger partial charge >= 0.3 is 0 Å². The average Bonchev–Trinajstić information content (AvgIpc) is 3.63. The second kappa shape index (κ2) is 11.1. The second-order valence-corrected chi connectivity index (χ2v) is 9.64. The first-order valence-electron chi connectivity index (χ1n) is 12.8. The van der Waals surface area contributed by atoms with E-state index in [4.69, 9.17) is 26.1 Å². The molecule has 0 amide bonds. The van der Waals surface area contributed by atoms with E-state index in [0.717, 1.165) is 17.1 Å². The second-order valence-electron chi connectivity index (χ2n) is 9.25. The molecule has 2 atom stereocenters. The van der Waals surface area contributed by atoms with Gasteiger partial charge in [0.05, 0.1) is 35.4 Å². The Kier molecular flexibility index (Phi) is 7.05. The Balaban J connectivity index is 1.37. The summed E-state index contributed by atoms with van der Waals surface area (Å²) in [4.78, 5) is 17.4. The molecule has 0 radical (unpaired) electrons. The van der Waals surface area contributed by atoms with Crippen LogP contribution in [0.15, 0.2) is 114 Å². The van der Waals surface area contributed by atoms with Crippen LogP contribution in [0.5, 0.6) is 17.2 Å². The van der Waals surface area contributed by atoms with E-state index in [9.17, 15) is 10.1 Å². The number of anilines is 1. The summed E-state index contributed by atoms with van der Waals surface area (Å²) in [5.41, 5.74) is 2.18. The number of hydrogen-bond donors (Lipinski definition) is 1. The van der Waals surface area contributed by atoms with Crippen molar-refractivity contribution >= 4 is 28.7 Å². The Morgan fingerprint density at radius 1 is 0.951 bits per heavy atom. The van der Waals surface area contributed by atoms with E-state index < -0.39 is 4.92 Å². The zero-order chi connectivity index (χ0) is 28.3. The van der Waals surface area contributed by atoms with Crippen LogP contribution in [0.1, 0.15) is 23.5 Å². The van der Waals surface area contributed by atoms with Gasteiger partial charge in [-0.25, -0.2) is 0 Å². The number of methoxy groups -OCH3 is 1. The summed E-state index contributed by atoms with van der Waals surface area (Å²) >= 11 is 5.82. The zero-order valence-electron chi connectivity index (χ0n) is 21.8. The number of rotatable bonds is 8. The number of hydrogen-bond acceptors (Lipinski definition) is 7. The van der Waals surface area contributed by atoms with Crippen molar-refractivity contribution in [3.63, 3.8) is 0 Å². The summed E-state index contributed by atoms with van der Waals surface area (Å²) in [5.74, 6) is 2.93. The Morgan fingerprint density at radius 3 is 2.41 bits per heavy atom. The highest BCUT2D eigenvalue weighted by Crippen LogP contribution is 2.44. The molecule has 1 N–H and O–H groups in total. The number of thiocarbonyl (C=S) groups is 1. The Labute approximate surface area is 241 Å². The molecule has 0 unspecified atom stereocenters. The molecule has 0 bridgehead atoms. The molecule has 2 aromatic heterocycles. The number of aromatic nitrogens is 1. The number of ether oxygens (including phenoxy) is 2. The van der Waals surface area contributed by atoms with Gasteiger partial charge in [-0.05, 0) is 78.9 Å². The maximum absolute atomic E-state index is 11.3. The molecule has 0 saturated carbocycles. The van der Waals surface area contributed by atoms with Gasteiger partial charge < -0.3 is 24.1 Å². The first-order valence-corrected chi connectivity index (χ1v) is 13.2. The number of nitro benzene ring substituents is 1. The highest BCUT2D eigenvalue weighted by molar-refractivity contribution is 7.80. The molecule has 41 heavy (non-hydrogen) atoms. The van der Waals surface area contributed by atoms with Crippen LogP contribution in [-0.2, 0) is 0 Å². The lowest BCUT2D eigenvalue weighted by molar-refractivity contribution is -0.384. The van der Waals surface area contributed by atoms with E-state index in [1.54, 1.807) is 12.3 Å². The topological polar surface area (TPSA) is 103 Å². The fourth-order valence-electron chi connectivity index (χ4n) is 4.87. The van der Waals surface area contributed by atoms with Crippen LogP contribution < -0.4 is 19.7 Å². The molecular weight excluding hydrogens is 540 g/mol. The van der Waals surface area contributed by atoms with Crippen LogP contribution >= 0.6 is 12.2 Å². The standard InChI is InChI=1S/C31H24N4O5S/c1-38-28-19-21(35(36)37)12-15-24(28)26-16-17-27(40-26)30-29(25-9-5-6-18-32-25)33-31(41)34(30)20-10-13-23(14-11-20)39-22-7-3-2-4-8-22/h2-19,29-30H,1H3,(H,33,41)/t29-,30-/m1/s1. The van der Waals surface area contributed by atoms with Crippen molar-refractivity contribution in [3.8, 4) is 28.6 Å². The molecule has 0 spiro atoms. The van der Waals surface area contributed by atoms with E-state index in [2.05, 4.69) is 10.3 Å². The van der Waals surface area contributed by atoms with Crippen molar-refractivity contribution in [3.05, 3.63) is 131 Å². The zero-order valence-corrected chi connectivity index (χ0v) is 22.7. The fourth-order valence-corrected chi connectivity index (χ4v) is 5.22. The third-order valence-electron chi connectivity index (χ3n) is 6.77. The summed E-state index contributed by atoms with van der Waals surface area (Å²) in [6.45, 7) is 0. The highest BCUT2D eigenvalue weighted by atomic mass is 32.1. The van der Waals surface area contributed by atoms with Crippen molar-refractivity contribution < 1.29 is 18.8 Å². The van der Waals surface area contributed by atoms with E-state index in [-0.39, 0.29) is 17.8 Å². The summed E-state index contributed by atoms with van der Waals surface area (Å²) in [5, 5.41) is 15.2. The molecular formula is C31H24N4O5S. The number of nitrogens with one attached hydrogen (secondary N) is 1. The monoisotopic (exact) mass is 564 g/mol. The van der Waals surface area contributed by atoms with Crippen LogP contribution in [0.3, 0.4) is 0 Å². The minimum Gasteiger partial charge on any atom is -0.496 e. The lowest BCUT2D eigenvalue weighted by Crippen LogP contribution is -2.29. The van der Waals surface area contributed by atoms with Gasteiger partial charge in [0.25, 0.3) is 5.69 Å². The normalized spacial score (nSPS) is 16.3. The quantitative estimate of drug-likeness (QED) is 0.119. The molecule has 9 nitrogen and oxygen atoms in total. The van der Waals surface area contributed by atoms with Crippen LogP contribution in [-0.4, -0.2) is 22.1 Å². The summed E-state index contributed by atoms with van der Waals surface area (Å²) in [6.07, 6.45) is 1.74. The number of non-ortho nitro benzene ring substituents is 1. The summed E-state index contributed by atoms with van der Waals surface area (Å²) in [7, 11) is 1.47. The molecule has 3 aromatic carbocycles. The molecule has 1 aliphatic rings. The number of nitrogens with zero attached hydrogens (tertiary/aromatic N) is 3. The van der Waals surface area contributed by atoms with Gasteiger partial charge in [-0.1, -0.05) is 24.3 Å². The van der Waals surface area contributed by atoms with E-state index in [1.807, 2.05) is 89.8 Å².